The van der Waals surface area contributed by atoms with Gasteiger partial charge in [0.2, 0.25) is 0 Å². The highest BCUT2D eigenvalue weighted by molar-refractivity contribution is 9.10. The molecule has 0 atom stereocenters. The molecule has 0 amide bonds. The first-order chi connectivity index (χ1) is 9.29. The summed E-state index contributed by atoms with van der Waals surface area (Å²) in [5, 5.41) is 10.1. The number of aryl methyl sites for hydroxylation is 1. The van der Waals surface area contributed by atoms with Crippen LogP contribution in [0.5, 0.6) is 0 Å². The van der Waals surface area contributed by atoms with Crippen LogP contribution in [-0.2, 0) is 10.0 Å². The Kier molecular flexibility index (Phi) is 4.17. The second-order valence-corrected chi connectivity index (χ2v) is 7.70. The molecule has 2 N–H and O–H groups in total. The number of thiophene rings is 1. The van der Waals surface area contributed by atoms with E-state index >= 15 is 0 Å². The van der Waals surface area contributed by atoms with E-state index in [1.807, 2.05) is 6.92 Å². The zero-order valence-corrected chi connectivity index (χ0v) is 13.5. The van der Waals surface area contributed by atoms with Gasteiger partial charge in [-0.1, -0.05) is 22.0 Å². The van der Waals surface area contributed by atoms with E-state index in [9.17, 15) is 13.2 Å². The molecule has 0 spiro atoms. The molecule has 1 aromatic carbocycles. The van der Waals surface area contributed by atoms with Crippen LogP contribution in [-0.4, -0.2) is 19.5 Å². The van der Waals surface area contributed by atoms with Gasteiger partial charge >= 0.3 is 5.97 Å². The molecule has 0 bridgehead atoms. The van der Waals surface area contributed by atoms with Crippen molar-refractivity contribution in [3.63, 3.8) is 0 Å². The van der Waals surface area contributed by atoms with Crippen LogP contribution in [0.15, 0.2) is 38.3 Å². The van der Waals surface area contributed by atoms with Crippen LogP contribution in [0.3, 0.4) is 0 Å². The zero-order valence-electron chi connectivity index (χ0n) is 10.3. The Hall–Kier alpha value is -1.38. The van der Waals surface area contributed by atoms with Crippen molar-refractivity contribution in [3.8, 4) is 0 Å². The van der Waals surface area contributed by atoms with Crippen LogP contribution in [0.1, 0.15) is 15.9 Å². The lowest BCUT2D eigenvalue weighted by atomic mass is 10.2. The maximum atomic E-state index is 12.1. The van der Waals surface area contributed by atoms with Crippen molar-refractivity contribution < 1.29 is 18.3 Å². The lowest BCUT2D eigenvalue weighted by Gasteiger charge is -2.07. The molecular formula is C12H10BrNO4S2. The standard InChI is InChI=1S/C12H10BrNO4S2/c1-7-2-3-9(5-10(7)13)14-20(17,18)11-4-8(6-19-11)12(15)16/h2-6,14H,1H3,(H,15,16). The van der Waals surface area contributed by atoms with E-state index in [0.717, 1.165) is 27.4 Å². The predicted molar refractivity (Wildman–Crippen MR) is 81.0 cm³/mol. The fourth-order valence-corrected chi connectivity index (χ4v) is 4.01. The van der Waals surface area contributed by atoms with E-state index in [2.05, 4.69) is 20.7 Å². The highest BCUT2D eigenvalue weighted by atomic mass is 79.9. The lowest BCUT2D eigenvalue weighted by molar-refractivity contribution is 0.0697. The van der Waals surface area contributed by atoms with E-state index in [0.29, 0.717) is 5.69 Å². The molecule has 0 saturated heterocycles. The second-order valence-electron chi connectivity index (χ2n) is 4.03. The van der Waals surface area contributed by atoms with Crippen molar-refractivity contribution in [3.05, 3.63) is 45.2 Å². The molecule has 20 heavy (non-hydrogen) atoms. The number of halogens is 1. The Morgan fingerprint density at radius 3 is 2.60 bits per heavy atom. The summed E-state index contributed by atoms with van der Waals surface area (Å²) >= 11 is 4.19. The first-order valence-electron chi connectivity index (χ1n) is 5.40. The summed E-state index contributed by atoms with van der Waals surface area (Å²) in [6.45, 7) is 1.89. The van der Waals surface area contributed by atoms with Gasteiger partial charge in [-0.3, -0.25) is 4.72 Å². The predicted octanol–water partition coefficient (Wildman–Crippen LogP) is 3.32. The van der Waals surface area contributed by atoms with Crippen molar-refractivity contribution >= 4 is 48.9 Å². The average Bonchev–Trinajstić information content (AvgIpc) is 2.84. The van der Waals surface area contributed by atoms with Crippen LogP contribution < -0.4 is 4.72 Å². The molecule has 2 rings (SSSR count). The Bertz CT molecular complexity index is 768. The molecular weight excluding hydrogens is 366 g/mol. The summed E-state index contributed by atoms with van der Waals surface area (Å²) in [5.41, 5.74) is 1.35. The van der Waals surface area contributed by atoms with E-state index in [4.69, 9.17) is 5.11 Å². The number of sulfonamides is 1. The van der Waals surface area contributed by atoms with Gasteiger partial charge in [0.05, 0.1) is 5.56 Å². The average molecular weight is 376 g/mol. The second kappa shape index (κ2) is 5.55. The third-order valence-corrected chi connectivity index (χ3v) is 6.19. The van der Waals surface area contributed by atoms with Crippen molar-refractivity contribution in [1.29, 1.82) is 0 Å². The highest BCUT2D eigenvalue weighted by Crippen LogP contribution is 2.25. The number of carboxylic acids is 1. The fourth-order valence-electron chi connectivity index (χ4n) is 1.43. The summed E-state index contributed by atoms with van der Waals surface area (Å²) in [7, 11) is -3.77. The molecule has 2 aromatic rings. The molecule has 1 heterocycles. The number of carbonyl (C=O) groups is 1. The Labute approximate surface area is 128 Å². The summed E-state index contributed by atoms with van der Waals surface area (Å²) < 4.78 is 27.4. The first-order valence-corrected chi connectivity index (χ1v) is 8.56. The smallest absolute Gasteiger partial charge is 0.336 e. The molecule has 0 saturated carbocycles. The van der Waals surface area contributed by atoms with Gasteiger partial charge in [-0.15, -0.1) is 11.3 Å². The molecule has 0 aliphatic rings. The van der Waals surface area contributed by atoms with Gasteiger partial charge in [0, 0.05) is 15.5 Å². The van der Waals surface area contributed by atoms with Crippen LogP contribution >= 0.6 is 27.3 Å². The molecule has 0 fully saturated rings. The minimum atomic E-state index is -3.77. The summed E-state index contributed by atoms with van der Waals surface area (Å²) in [4.78, 5) is 10.8. The lowest BCUT2D eigenvalue weighted by Crippen LogP contribution is -2.11. The summed E-state index contributed by atoms with van der Waals surface area (Å²) in [5.74, 6) is -1.15. The molecule has 0 aliphatic carbocycles. The number of hydrogen-bond donors (Lipinski definition) is 2. The van der Waals surface area contributed by atoms with Crippen LogP contribution in [0, 0.1) is 6.92 Å². The fraction of sp³-hybridized carbons (Fsp3) is 0.0833. The van der Waals surface area contributed by atoms with Gasteiger partial charge in [-0.2, -0.15) is 0 Å². The van der Waals surface area contributed by atoms with Crippen molar-refractivity contribution in [1.82, 2.24) is 0 Å². The first kappa shape index (κ1) is 15.0. The summed E-state index contributed by atoms with van der Waals surface area (Å²) in [6, 6.07) is 6.21. The minimum Gasteiger partial charge on any atom is -0.478 e. The topological polar surface area (TPSA) is 83.5 Å². The molecule has 0 aliphatic heterocycles. The van der Waals surface area contributed by atoms with Crippen molar-refractivity contribution in [2.24, 2.45) is 0 Å². The molecule has 106 valence electrons. The third kappa shape index (κ3) is 3.20. The molecule has 0 radical (unpaired) electrons. The Balaban J connectivity index is 2.30. The van der Waals surface area contributed by atoms with Crippen LogP contribution in [0.4, 0.5) is 5.69 Å². The molecule has 1 aromatic heterocycles. The van der Waals surface area contributed by atoms with E-state index in [1.54, 1.807) is 18.2 Å². The van der Waals surface area contributed by atoms with Gasteiger partial charge in [-0.05, 0) is 30.7 Å². The maximum Gasteiger partial charge on any atom is 0.336 e. The third-order valence-electron chi connectivity index (χ3n) is 2.51. The van der Waals surface area contributed by atoms with Gasteiger partial charge < -0.3 is 5.11 Å². The monoisotopic (exact) mass is 375 g/mol. The summed E-state index contributed by atoms with van der Waals surface area (Å²) in [6.07, 6.45) is 0. The van der Waals surface area contributed by atoms with Gasteiger partial charge in [0.25, 0.3) is 10.0 Å². The van der Waals surface area contributed by atoms with E-state index < -0.39 is 16.0 Å². The highest BCUT2D eigenvalue weighted by Gasteiger charge is 2.19. The minimum absolute atomic E-state index is 0.0356. The van der Waals surface area contributed by atoms with Gasteiger partial charge in [0.1, 0.15) is 4.21 Å². The largest absolute Gasteiger partial charge is 0.478 e. The number of benzene rings is 1. The molecule has 8 heteroatoms. The Morgan fingerprint density at radius 2 is 2.05 bits per heavy atom. The number of hydrogen-bond acceptors (Lipinski definition) is 4. The van der Waals surface area contributed by atoms with Crippen molar-refractivity contribution in [2.75, 3.05) is 4.72 Å². The van der Waals surface area contributed by atoms with E-state index in [-0.39, 0.29) is 9.77 Å². The van der Waals surface area contributed by atoms with Gasteiger partial charge in [0.15, 0.2) is 0 Å². The zero-order chi connectivity index (χ0) is 14.9. The van der Waals surface area contributed by atoms with Crippen LogP contribution in [0.25, 0.3) is 0 Å². The molecule has 0 unspecified atom stereocenters. The van der Waals surface area contributed by atoms with E-state index in [1.165, 1.54) is 5.38 Å². The maximum absolute atomic E-state index is 12.1. The Morgan fingerprint density at radius 1 is 1.35 bits per heavy atom. The van der Waals surface area contributed by atoms with Gasteiger partial charge in [-0.25, -0.2) is 13.2 Å². The number of aromatic carboxylic acids is 1. The molecule has 5 nitrogen and oxygen atoms in total. The normalized spacial score (nSPS) is 11.3. The number of rotatable bonds is 4. The quantitative estimate of drug-likeness (QED) is 0.858. The number of carboxylic acid groups (broad SMARTS) is 1. The number of anilines is 1. The number of nitrogens with one attached hydrogen (secondary N) is 1. The van der Waals surface area contributed by atoms with Crippen molar-refractivity contribution in [2.45, 2.75) is 11.1 Å². The van der Waals surface area contributed by atoms with Crippen LogP contribution in [0.2, 0.25) is 0 Å². The SMILES string of the molecule is Cc1ccc(NS(=O)(=O)c2cc(C(=O)O)cs2)cc1Br.